The van der Waals surface area contributed by atoms with Crippen LogP contribution in [-0.2, 0) is 11.8 Å². The van der Waals surface area contributed by atoms with E-state index in [1.54, 1.807) is 72.7 Å². The first-order valence-corrected chi connectivity index (χ1v) is 10.8. The van der Waals surface area contributed by atoms with E-state index in [0.29, 0.717) is 57.3 Å². The molecule has 2 N–H and O–H groups in total. The number of amides is 1. The van der Waals surface area contributed by atoms with Crippen LogP contribution in [0.3, 0.4) is 0 Å². The van der Waals surface area contributed by atoms with E-state index >= 15 is 0 Å². The number of anilines is 2. The number of hydrogen-bond donors (Lipinski definition) is 2. The van der Waals surface area contributed by atoms with Gasteiger partial charge in [0.25, 0.3) is 5.91 Å². The number of carboxylic acid groups (broad SMARTS) is 1. The Morgan fingerprint density at radius 3 is 2.65 bits per heavy atom. The van der Waals surface area contributed by atoms with Crippen LogP contribution in [0.2, 0.25) is 5.02 Å². The number of carbonyl (C=O) groups is 2. The quantitative estimate of drug-likeness (QED) is 0.446. The van der Waals surface area contributed by atoms with Gasteiger partial charge in [0.15, 0.2) is 0 Å². The lowest BCUT2D eigenvalue weighted by Crippen LogP contribution is -2.54. The van der Waals surface area contributed by atoms with Crippen molar-refractivity contribution in [3.63, 3.8) is 0 Å². The Bertz CT molecular complexity index is 1420. The normalized spacial score (nSPS) is 13.8. The molecule has 1 aromatic carbocycles. The number of pyridine rings is 1. The topological polar surface area (TPSA) is 115 Å². The molecule has 4 aromatic rings. The predicted molar refractivity (Wildman–Crippen MR) is 127 cm³/mol. The zero-order chi connectivity index (χ0) is 24.0. The number of nitrogens with zero attached hydrogens (tertiary/aromatic N) is 5. The van der Waals surface area contributed by atoms with Gasteiger partial charge in [-0.2, -0.15) is 5.10 Å². The summed E-state index contributed by atoms with van der Waals surface area (Å²) in [5, 5.41) is 18.1. The van der Waals surface area contributed by atoms with Gasteiger partial charge >= 0.3 is 6.09 Å². The van der Waals surface area contributed by atoms with Crippen molar-refractivity contribution in [3.8, 4) is 11.3 Å². The standard InChI is InChI=1S/C23H21ClN6O4/c1-28-10-15(9-26-28)19-6-14-8-25-21(7-20(14)30(19)23(32)33)27-18-4-3-13(5-17(18)24)22(31)29-11-16(12-29)34-2/h3-10,16H,11-12H2,1-2H3,(H,25,27)(H,32,33). The maximum absolute atomic E-state index is 12.6. The van der Waals surface area contributed by atoms with Crippen LogP contribution in [0.1, 0.15) is 10.4 Å². The third-order valence-corrected chi connectivity index (χ3v) is 6.14. The molecule has 0 unspecified atom stereocenters. The van der Waals surface area contributed by atoms with Gasteiger partial charge in [0.05, 0.1) is 34.2 Å². The van der Waals surface area contributed by atoms with Crippen molar-refractivity contribution in [2.24, 2.45) is 7.05 Å². The molecule has 0 radical (unpaired) electrons. The first kappa shape index (κ1) is 21.9. The van der Waals surface area contributed by atoms with Gasteiger partial charge in [-0.3, -0.25) is 9.48 Å². The summed E-state index contributed by atoms with van der Waals surface area (Å²) in [7, 11) is 3.39. The number of carbonyl (C=O) groups excluding carboxylic acids is 1. The first-order valence-electron chi connectivity index (χ1n) is 10.5. The number of methoxy groups -OCH3 is 1. The Kier molecular flexibility index (Phi) is 5.46. The van der Waals surface area contributed by atoms with Gasteiger partial charge in [0, 0.05) is 62.2 Å². The van der Waals surface area contributed by atoms with Crippen molar-refractivity contribution in [2.45, 2.75) is 6.10 Å². The van der Waals surface area contributed by atoms with E-state index in [9.17, 15) is 14.7 Å². The molecule has 1 aliphatic heterocycles. The average Bonchev–Trinajstić information content (AvgIpc) is 3.37. The summed E-state index contributed by atoms with van der Waals surface area (Å²) in [5.41, 5.74) is 2.67. The summed E-state index contributed by atoms with van der Waals surface area (Å²) >= 11 is 6.44. The molecule has 0 aliphatic carbocycles. The smallest absolute Gasteiger partial charge is 0.416 e. The maximum atomic E-state index is 12.6. The van der Waals surface area contributed by atoms with E-state index in [0.717, 1.165) is 0 Å². The zero-order valence-corrected chi connectivity index (χ0v) is 19.2. The van der Waals surface area contributed by atoms with Crippen LogP contribution in [0.25, 0.3) is 22.2 Å². The molecule has 4 heterocycles. The van der Waals surface area contributed by atoms with Gasteiger partial charge in [0.2, 0.25) is 0 Å². The van der Waals surface area contributed by atoms with Gasteiger partial charge in [-0.1, -0.05) is 11.6 Å². The summed E-state index contributed by atoms with van der Waals surface area (Å²) in [4.78, 5) is 30.7. The predicted octanol–water partition coefficient (Wildman–Crippen LogP) is 3.83. The first-order chi connectivity index (χ1) is 16.3. The van der Waals surface area contributed by atoms with Crippen molar-refractivity contribution < 1.29 is 19.4 Å². The summed E-state index contributed by atoms with van der Waals surface area (Å²) in [6, 6.07) is 8.39. The Morgan fingerprint density at radius 2 is 2.00 bits per heavy atom. The molecule has 1 saturated heterocycles. The van der Waals surface area contributed by atoms with Gasteiger partial charge in [-0.25, -0.2) is 14.3 Å². The molecule has 1 aliphatic rings. The number of ether oxygens (including phenoxy) is 1. The molecular weight excluding hydrogens is 460 g/mol. The second-order valence-corrected chi connectivity index (χ2v) is 8.47. The average molecular weight is 481 g/mol. The minimum Gasteiger partial charge on any atom is -0.464 e. The second-order valence-electron chi connectivity index (χ2n) is 8.07. The number of fused-ring (bicyclic) bond motifs is 1. The minimum absolute atomic E-state index is 0.0739. The number of hydrogen-bond acceptors (Lipinski definition) is 6. The van der Waals surface area contributed by atoms with Gasteiger partial charge < -0.3 is 20.1 Å². The molecule has 10 nitrogen and oxygen atoms in total. The largest absolute Gasteiger partial charge is 0.464 e. The molecule has 0 bridgehead atoms. The van der Waals surface area contributed by atoms with Gasteiger partial charge in [0.1, 0.15) is 5.82 Å². The zero-order valence-electron chi connectivity index (χ0n) is 18.4. The Balaban J connectivity index is 1.42. The third-order valence-electron chi connectivity index (χ3n) is 5.83. The number of nitrogens with one attached hydrogen (secondary N) is 1. The van der Waals surface area contributed by atoms with E-state index in [2.05, 4.69) is 15.4 Å². The Morgan fingerprint density at radius 1 is 1.21 bits per heavy atom. The van der Waals surface area contributed by atoms with Crippen LogP contribution in [0.4, 0.5) is 16.3 Å². The molecule has 1 fully saturated rings. The van der Waals surface area contributed by atoms with Crippen molar-refractivity contribution >= 4 is 46.0 Å². The molecule has 11 heteroatoms. The number of aromatic nitrogens is 4. The Hall–Kier alpha value is -3.89. The number of aryl methyl sites for hydroxylation is 1. The maximum Gasteiger partial charge on any atom is 0.416 e. The second kappa shape index (κ2) is 8.47. The summed E-state index contributed by atoms with van der Waals surface area (Å²) in [5.74, 6) is 0.306. The minimum atomic E-state index is -1.12. The van der Waals surface area contributed by atoms with Crippen molar-refractivity contribution in [3.05, 3.63) is 59.5 Å². The third kappa shape index (κ3) is 3.87. The fourth-order valence-corrected chi connectivity index (χ4v) is 4.19. The fourth-order valence-electron chi connectivity index (χ4n) is 3.97. The van der Waals surface area contributed by atoms with E-state index in [1.807, 2.05) is 0 Å². The van der Waals surface area contributed by atoms with E-state index in [-0.39, 0.29) is 12.0 Å². The molecule has 3 aromatic heterocycles. The highest BCUT2D eigenvalue weighted by Gasteiger charge is 2.31. The molecular formula is C23H21ClN6O4. The molecule has 174 valence electrons. The van der Waals surface area contributed by atoms with E-state index < -0.39 is 6.09 Å². The van der Waals surface area contributed by atoms with Crippen molar-refractivity contribution in [2.75, 3.05) is 25.5 Å². The lowest BCUT2D eigenvalue weighted by molar-refractivity contribution is -0.0191. The highest BCUT2D eigenvalue weighted by molar-refractivity contribution is 6.33. The van der Waals surface area contributed by atoms with Gasteiger partial charge in [-0.15, -0.1) is 0 Å². The van der Waals surface area contributed by atoms with Crippen LogP contribution in [0.15, 0.2) is 48.9 Å². The molecule has 0 spiro atoms. The van der Waals surface area contributed by atoms with E-state index in [1.165, 1.54) is 4.57 Å². The SMILES string of the molecule is COC1CN(C(=O)c2ccc(Nc3cc4c(cn3)cc(-c3cnn(C)c3)n4C(=O)O)c(Cl)c2)C1. The lowest BCUT2D eigenvalue weighted by atomic mass is 10.1. The van der Waals surface area contributed by atoms with Gasteiger partial charge in [-0.05, 0) is 24.3 Å². The summed E-state index contributed by atoms with van der Waals surface area (Å²) in [6.45, 7) is 1.11. The van der Waals surface area contributed by atoms with Crippen LogP contribution in [-0.4, -0.2) is 67.6 Å². The molecule has 1 amide bonds. The number of benzene rings is 1. The monoisotopic (exact) mass is 480 g/mol. The summed E-state index contributed by atoms with van der Waals surface area (Å²) < 4.78 is 8.02. The summed E-state index contributed by atoms with van der Waals surface area (Å²) in [6.07, 6.45) is 3.91. The van der Waals surface area contributed by atoms with E-state index in [4.69, 9.17) is 16.3 Å². The number of halogens is 1. The van der Waals surface area contributed by atoms with Crippen LogP contribution in [0.5, 0.6) is 0 Å². The Labute approximate surface area is 199 Å². The molecule has 0 saturated carbocycles. The molecule has 34 heavy (non-hydrogen) atoms. The van der Waals surface area contributed by atoms with Crippen LogP contribution >= 0.6 is 11.6 Å². The number of rotatable bonds is 5. The van der Waals surface area contributed by atoms with Crippen LogP contribution in [0, 0.1) is 0 Å². The molecule has 5 rings (SSSR count). The number of likely N-dealkylation sites (tertiary alicyclic amines) is 1. The van der Waals surface area contributed by atoms with Crippen molar-refractivity contribution in [1.82, 2.24) is 24.2 Å². The fraction of sp³-hybridized carbons (Fsp3) is 0.217. The highest BCUT2D eigenvalue weighted by Crippen LogP contribution is 2.31. The lowest BCUT2D eigenvalue weighted by Gasteiger charge is -2.38. The highest BCUT2D eigenvalue weighted by atomic mass is 35.5. The van der Waals surface area contributed by atoms with Crippen molar-refractivity contribution in [1.29, 1.82) is 0 Å². The van der Waals surface area contributed by atoms with Crippen LogP contribution < -0.4 is 5.32 Å². The molecule has 0 atom stereocenters.